The molecule has 18 heavy (non-hydrogen) atoms. The second kappa shape index (κ2) is 5.78. The highest BCUT2D eigenvalue weighted by Gasteiger charge is 2.10. The van der Waals surface area contributed by atoms with Gasteiger partial charge in [0.05, 0.1) is 5.56 Å². The molecule has 0 saturated heterocycles. The van der Waals surface area contributed by atoms with E-state index in [2.05, 4.69) is 4.98 Å². The Morgan fingerprint density at radius 2 is 2.06 bits per heavy atom. The first-order valence-corrected chi connectivity index (χ1v) is 6.99. The van der Waals surface area contributed by atoms with Gasteiger partial charge in [0.2, 0.25) is 0 Å². The molecule has 4 heteroatoms. The molecule has 0 saturated carbocycles. The van der Waals surface area contributed by atoms with Crippen LogP contribution < -0.4 is 4.74 Å². The number of esters is 1. The molecule has 3 nitrogen and oxygen atoms in total. The van der Waals surface area contributed by atoms with Crippen molar-refractivity contribution in [2.45, 2.75) is 18.2 Å². The Morgan fingerprint density at radius 1 is 1.33 bits per heavy atom. The molecular formula is C14H15NO2S. The standard InChI is InChI=1S/C14H15NO2S/c1-3-11-8-10(9-15-11)14(16)17-12-4-6-13(18-2)7-5-12/h4-9,15H,3H2,1-2H3. The molecule has 1 aromatic heterocycles. The van der Waals surface area contributed by atoms with Gasteiger partial charge in [-0.15, -0.1) is 11.8 Å². The van der Waals surface area contributed by atoms with Crippen LogP contribution in [0.2, 0.25) is 0 Å². The molecule has 1 heterocycles. The molecular weight excluding hydrogens is 246 g/mol. The number of aromatic amines is 1. The van der Waals surface area contributed by atoms with Gasteiger partial charge < -0.3 is 9.72 Å². The summed E-state index contributed by atoms with van der Waals surface area (Å²) in [6, 6.07) is 9.29. The Hall–Kier alpha value is -1.68. The number of nitrogens with one attached hydrogen (secondary N) is 1. The number of carbonyl (C=O) groups excluding carboxylic acids is 1. The van der Waals surface area contributed by atoms with Crippen molar-refractivity contribution in [2.75, 3.05) is 6.26 Å². The minimum Gasteiger partial charge on any atom is -0.423 e. The van der Waals surface area contributed by atoms with Gasteiger partial charge in [-0.3, -0.25) is 0 Å². The Kier molecular flexibility index (Phi) is 4.10. The van der Waals surface area contributed by atoms with E-state index in [1.807, 2.05) is 31.4 Å². The van der Waals surface area contributed by atoms with Crippen molar-refractivity contribution in [2.24, 2.45) is 0 Å². The number of benzene rings is 1. The zero-order chi connectivity index (χ0) is 13.0. The van der Waals surface area contributed by atoms with E-state index in [9.17, 15) is 4.79 Å². The van der Waals surface area contributed by atoms with Crippen molar-refractivity contribution in [1.82, 2.24) is 4.98 Å². The van der Waals surface area contributed by atoms with Gasteiger partial charge in [-0.25, -0.2) is 4.79 Å². The van der Waals surface area contributed by atoms with E-state index in [-0.39, 0.29) is 5.97 Å². The quantitative estimate of drug-likeness (QED) is 0.520. The van der Waals surface area contributed by atoms with Crippen molar-refractivity contribution >= 4 is 17.7 Å². The first kappa shape index (κ1) is 12.8. The molecule has 0 aliphatic rings. The van der Waals surface area contributed by atoms with Crippen LogP contribution in [-0.4, -0.2) is 17.2 Å². The van der Waals surface area contributed by atoms with E-state index in [1.165, 1.54) is 0 Å². The van der Waals surface area contributed by atoms with Crippen molar-refractivity contribution < 1.29 is 9.53 Å². The maximum Gasteiger partial charge on any atom is 0.345 e. The summed E-state index contributed by atoms with van der Waals surface area (Å²) in [5.41, 5.74) is 1.58. The van der Waals surface area contributed by atoms with E-state index in [1.54, 1.807) is 30.1 Å². The second-order valence-electron chi connectivity index (χ2n) is 3.83. The van der Waals surface area contributed by atoms with Gasteiger partial charge in [0.15, 0.2) is 0 Å². The van der Waals surface area contributed by atoms with Crippen LogP contribution in [0.1, 0.15) is 23.0 Å². The number of carbonyl (C=O) groups is 1. The molecule has 1 aromatic carbocycles. The van der Waals surface area contributed by atoms with Crippen molar-refractivity contribution in [3.8, 4) is 5.75 Å². The molecule has 2 rings (SSSR count). The summed E-state index contributed by atoms with van der Waals surface area (Å²) >= 11 is 1.65. The first-order valence-electron chi connectivity index (χ1n) is 5.76. The minimum atomic E-state index is -0.331. The smallest absolute Gasteiger partial charge is 0.345 e. The molecule has 0 amide bonds. The summed E-state index contributed by atoms with van der Waals surface area (Å²) < 4.78 is 5.29. The molecule has 1 N–H and O–H groups in total. The van der Waals surface area contributed by atoms with Crippen molar-refractivity contribution in [1.29, 1.82) is 0 Å². The number of hydrogen-bond donors (Lipinski definition) is 1. The SMILES string of the molecule is CCc1cc(C(=O)Oc2ccc(SC)cc2)c[nH]1. The van der Waals surface area contributed by atoms with E-state index < -0.39 is 0 Å². The number of ether oxygens (including phenoxy) is 1. The molecule has 94 valence electrons. The summed E-state index contributed by atoms with van der Waals surface area (Å²) in [5, 5.41) is 0. The fourth-order valence-electron chi connectivity index (χ4n) is 1.57. The normalized spacial score (nSPS) is 10.3. The van der Waals surface area contributed by atoms with Gasteiger partial charge in [0.1, 0.15) is 5.75 Å². The van der Waals surface area contributed by atoms with Crippen LogP contribution in [0.5, 0.6) is 5.75 Å². The van der Waals surface area contributed by atoms with Crippen LogP contribution in [0, 0.1) is 0 Å². The lowest BCUT2D eigenvalue weighted by Gasteiger charge is -2.03. The summed E-state index contributed by atoms with van der Waals surface area (Å²) in [5.74, 6) is 0.236. The molecule has 0 aliphatic heterocycles. The first-order chi connectivity index (χ1) is 8.72. The molecule has 0 radical (unpaired) electrons. The lowest BCUT2D eigenvalue weighted by molar-refractivity contribution is 0.0735. The fraction of sp³-hybridized carbons (Fsp3) is 0.214. The van der Waals surface area contributed by atoms with Crippen LogP contribution in [0.4, 0.5) is 0 Å². The third kappa shape index (κ3) is 2.96. The summed E-state index contributed by atoms with van der Waals surface area (Å²) in [6.45, 7) is 2.03. The Morgan fingerprint density at radius 3 is 2.61 bits per heavy atom. The molecule has 0 atom stereocenters. The molecule has 0 unspecified atom stereocenters. The number of H-pyrrole nitrogens is 1. The van der Waals surface area contributed by atoms with Gasteiger partial charge in [0.25, 0.3) is 0 Å². The Labute approximate surface area is 111 Å². The second-order valence-corrected chi connectivity index (χ2v) is 4.71. The minimum absolute atomic E-state index is 0.331. The molecule has 0 spiro atoms. The maximum atomic E-state index is 11.9. The lowest BCUT2D eigenvalue weighted by atomic mass is 10.3. The summed E-state index contributed by atoms with van der Waals surface area (Å²) in [4.78, 5) is 16.0. The van der Waals surface area contributed by atoms with E-state index in [0.717, 1.165) is 17.0 Å². The Bertz CT molecular complexity index is 531. The van der Waals surface area contributed by atoms with Crippen molar-refractivity contribution in [3.05, 3.63) is 47.8 Å². The highest BCUT2D eigenvalue weighted by atomic mass is 32.2. The van der Waals surface area contributed by atoms with Gasteiger partial charge in [-0.1, -0.05) is 6.92 Å². The largest absolute Gasteiger partial charge is 0.423 e. The average molecular weight is 261 g/mol. The predicted molar refractivity (Wildman–Crippen MR) is 73.4 cm³/mol. The van der Waals surface area contributed by atoms with Crippen LogP contribution >= 0.6 is 11.8 Å². The summed E-state index contributed by atoms with van der Waals surface area (Å²) in [7, 11) is 0. The Balaban J connectivity index is 2.06. The highest BCUT2D eigenvalue weighted by Crippen LogP contribution is 2.20. The number of aryl methyl sites for hydroxylation is 1. The van der Waals surface area contributed by atoms with Gasteiger partial charge in [-0.2, -0.15) is 0 Å². The van der Waals surface area contributed by atoms with Gasteiger partial charge in [0, 0.05) is 16.8 Å². The zero-order valence-electron chi connectivity index (χ0n) is 10.4. The topological polar surface area (TPSA) is 42.1 Å². The number of hydrogen-bond acceptors (Lipinski definition) is 3. The average Bonchev–Trinajstić information content (AvgIpc) is 2.88. The molecule has 0 aliphatic carbocycles. The molecule has 0 bridgehead atoms. The van der Waals surface area contributed by atoms with E-state index in [0.29, 0.717) is 11.3 Å². The predicted octanol–water partition coefficient (Wildman–Crippen LogP) is 3.52. The van der Waals surface area contributed by atoms with Crippen LogP contribution in [0.25, 0.3) is 0 Å². The lowest BCUT2D eigenvalue weighted by Crippen LogP contribution is -2.07. The molecule has 2 aromatic rings. The van der Waals surface area contributed by atoms with Gasteiger partial charge >= 0.3 is 5.97 Å². The third-order valence-corrected chi connectivity index (χ3v) is 3.37. The van der Waals surface area contributed by atoms with Crippen molar-refractivity contribution in [3.63, 3.8) is 0 Å². The van der Waals surface area contributed by atoms with Crippen LogP contribution in [-0.2, 0) is 6.42 Å². The number of rotatable bonds is 4. The number of thioether (sulfide) groups is 1. The van der Waals surface area contributed by atoms with E-state index >= 15 is 0 Å². The fourth-order valence-corrected chi connectivity index (χ4v) is 1.98. The van der Waals surface area contributed by atoms with Crippen LogP contribution in [0.3, 0.4) is 0 Å². The third-order valence-electron chi connectivity index (χ3n) is 2.63. The van der Waals surface area contributed by atoms with Crippen LogP contribution in [0.15, 0.2) is 41.4 Å². The summed E-state index contributed by atoms with van der Waals surface area (Å²) in [6.07, 6.45) is 4.56. The molecule has 0 fully saturated rings. The number of aromatic nitrogens is 1. The van der Waals surface area contributed by atoms with Gasteiger partial charge in [-0.05, 0) is 43.0 Å². The zero-order valence-corrected chi connectivity index (χ0v) is 11.2. The maximum absolute atomic E-state index is 11.9. The highest BCUT2D eigenvalue weighted by molar-refractivity contribution is 7.98. The monoisotopic (exact) mass is 261 g/mol. The van der Waals surface area contributed by atoms with E-state index in [4.69, 9.17) is 4.74 Å².